The number of quaternary nitrogens is 1. The Kier molecular flexibility index (Phi) is 1.94. The van der Waals surface area contributed by atoms with Gasteiger partial charge in [0.25, 0.3) is 0 Å². The molecule has 1 aliphatic carbocycles. The number of rotatable bonds is 0. The van der Waals surface area contributed by atoms with Crippen molar-refractivity contribution in [1.29, 1.82) is 0 Å². The van der Waals surface area contributed by atoms with Crippen LogP contribution in [0.5, 0.6) is 0 Å². The van der Waals surface area contributed by atoms with Gasteiger partial charge in [-0.05, 0) is 18.8 Å². The van der Waals surface area contributed by atoms with Crippen molar-refractivity contribution < 1.29 is 9.59 Å². The van der Waals surface area contributed by atoms with Gasteiger partial charge in [-0.25, -0.2) is 0 Å². The van der Waals surface area contributed by atoms with E-state index in [-0.39, 0.29) is 6.10 Å². The second-order valence-electron chi connectivity index (χ2n) is 5.96. The summed E-state index contributed by atoms with van der Waals surface area (Å²) in [5.41, 5.74) is 0. The molecule has 4 fully saturated rings. The normalized spacial score (nSPS) is 57.0. The second kappa shape index (κ2) is 2.96. The van der Waals surface area contributed by atoms with Gasteiger partial charge in [-0.15, -0.1) is 0 Å². The fourth-order valence-corrected chi connectivity index (χ4v) is 4.38. The molecule has 3 aliphatic heterocycles. The third kappa shape index (κ3) is 1.17. The van der Waals surface area contributed by atoms with E-state index in [1.54, 1.807) is 0 Å². The minimum Gasteiger partial charge on any atom is -0.393 e. The zero-order valence-corrected chi connectivity index (χ0v) is 9.15. The van der Waals surface area contributed by atoms with Crippen LogP contribution in [0.25, 0.3) is 0 Å². The number of hydrogen-bond donors (Lipinski definition) is 1. The van der Waals surface area contributed by atoms with Crippen LogP contribution >= 0.6 is 0 Å². The molecule has 0 unspecified atom stereocenters. The lowest BCUT2D eigenvalue weighted by molar-refractivity contribution is -0.955. The van der Waals surface area contributed by atoms with Crippen LogP contribution < -0.4 is 0 Å². The molecule has 3 heterocycles. The molecule has 1 saturated carbocycles. The Balaban J connectivity index is 1.87. The third-order valence-corrected chi connectivity index (χ3v) is 5.26. The van der Waals surface area contributed by atoms with Crippen molar-refractivity contribution in [3.8, 4) is 0 Å². The quantitative estimate of drug-likeness (QED) is 0.580. The standard InChI is InChI=1S/C12H22NO/c1-13-6-4-9(5-7-13)11-8-10(14)2-3-12(11)13/h9-12,14H,2-8H2,1H3/q+1/t9?,10-,11-,12+,13?/m0/s1. The van der Waals surface area contributed by atoms with Crippen LogP contribution in [0.3, 0.4) is 0 Å². The lowest BCUT2D eigenvalue weighted by Gasteiger charge is -2.58. The van der Waals surface area contributed by atoms with E-state index in [0.717, 1.165) is 30.7 Å². The lowest BCUT2D eigenvalue weighted by Crippen LogP contribution is -2.67. The molecule has 14 heavy (non-hydrogen) atoms. The van der Waals surface area contributed by atoms with Crippen molar-refractivity contribution in [3.63, 3.8) is 0 Å². The van der Waals surface area contributed by atoms with Crippen molar-refractivity contribution in [3.05, 3.63) is 0 Å². The Hall–Kier alpha value is -0.0800. The molecule has 0 radical (unpaired) electrons. The highest BCUT2D eigenvalue weighted by Gasteiger charge is 2.52. The van der Waals surface area contributed by atoms with Gasteiger partial charge in [-0.3, -0.25) is 0 Å². The first-order valence-corrected chi connectivity index (χ1v) is 6.21. The van der Waals surface area contributed by atoms with E-state index in [2.05, 4.69) is 7.05 Å². The summed E-state index contributed by atoms with van der Waals surface area (Å²) >= 11 is 0. The van der Waals surface area contributed by atoms with Gasteiger partial charge in [-0.1, -0.05) is 0 Å². The number of aliphatic hydroxyl groups excluding tert-OH is 1. The molecule has 0 aromatic carbocycles. The largest absolute Gasteiger partial charge is 0.393 e. The fraction of sp³-hybridized carbons (Fsp3) is 1.00. The van der Waals surface area contributed by atoms with E-state index < -0.39 is 0 Å². The number of aliphatic hydroxyl groups is 1. The monoisotopic (exact) mass is 196 g/mol. The zero-order valence-electron chi connectivity index (χ0n) is 9.15. The molecule has 0 amide bonds. The van der Waals surface area contributed by atoms with Crippen LogP contribution in [0.15, 0.2) is 0 Å². The maximum Gasteiger partial charge on any atom is 0.0921 e. The van der Waals surface area contributed by atoms with Crippen molar-refractivity contribution in [2.24, 2.45) is 11.8 Å². The van der Waals surface area contributed by atoms with E-state index in [1.165, 1.54) is 36.8 Å². The maximum atomic E-state index is 9.75. The minimum absolute atomic E-state index is 0.0170. The van der Waals surface area contributed by atoms with Crippen molar-refractivity contribution >= 4 is 0 Å². The zero-order chi connectivity index (χ0) is 9.76. The summed E-state index contributed by atoms with van der Waals surface area (Å²) in [5, 5.41) is 9.75. The molecular formula is C12H22NO+. The van der Waals surface area contributed by atoms with Crippen LogP contribution in [-0.2, 0) is 0 Å². The van der Waals surface area contributed by atoms with Gasteiger partial charge in [0, 0.05) is 25.2 Å². The van der Waals surface area contributed by atoms with Crippen LogP contribution in [0, 0.1) is 11.8 Å². The van der Waals surface area contributed by atoms with Gasteiger partial charge in [-0.2, -0.15) is 0 Å². The van der Waals surface area contributed by atoms with Gasteiger partial charge in [0.15, 0.2) is 0 Å². The Morgan fingerprint density at radius 2 is 1.79 bits per heavy atom. The number of hydrogen-bond acceptors (Lipinski definition) is 1. The van der Waals surface area contributed by atoms with Crippen molar-refractivity contribution in [1.82, 2.24) is 0 Å². The molecule has 4 aliphatic rings. The fourth-order valence-electron chi connectivity index (χ4n) is 4.38. The van der Waals surface area contributed by atoms with E-state index in [0.29, 0.717) is 0 Å². The summed E-state index contributed by atoms with van der Waals surface area (Å²) in [6.45, 7) is 2.81. The van der Waals surface area contributed by atoms with Crippen molar-refractivity contribution in [2.45, 2.75) is 44.2 Å². The molecule has 0 aromatic rings. The minimum atomic E-state index is 0.0170. The summed E-state index contributed by atoms with van der Waals surface area (Å²) in [5.74, 6) is 1.81. The molecule has 2 bridgehead atoms. The van der Waals surface area contributed by atoms with Gasteiger partial charge >= 0.3 is 0 Å². The average molecular weight is 196 g/mol. The smallest absolute Gasteiger partial charge is 0.0921 e. The summed E-state index contributed by atoms with van der Waals surface area (Å²) in [6, 6.07) is 0.894. The van der Waals surface area contributed by atoms with Gasteiger partial charge in [0.2, 0.25) is 0 Å². The molecule has 0 spiro atoms. The van der Waals surface area contributed by atoms with Crippen LogP contribution in [-0.4, -0.2) is 41.9 Å². The average Bonchev–Trinajstić information content (AvgIpc) is 2.18. The molecule has 4 rings (SSSR count). The second-order valence-corrected chi connectivity index (χ2v) is 5.96. The van der Waals surface area contributed by atoms with E-state index in [4.69, 9.17) is 0 Å². The Morgan fingerprint density at radius 3 is 2.50 bits per heavy atom. The third-order valence-electron chi connectivity index (χ3n) is 5.26. The summed E-state index contributed by atoms with van der Waals surface area (Å²) in [4.78, 5) is 0. The number of fused-ring (bicyclic) bond motifs is 2. The molecule has 3 saturated heterocycles. The Bertz CT molecular complexity index is 232. The first-order valence-electron chi connectivity index (χ1n) is 6.21. The maximum absolute atomic E-state index is 9.75. The predicted molar refractivity (Wildman–Crippen MR) is 55.8 cm³/mol. The highest BCUT2D eigenvalue weighted by Crippen LogP contribution is 2.47. The molecule has 2 nitrogen and oxygen atoms in total. The molecule has 3 atom stereocenters. The molecule has 80 valence electrons. The lowest BCUT2D eigenvalue weighted by atomic mass is 9.66. The van der Waals surface area contributed by atoms with Crippen molar-refractivity contribution in [2.75, 3.05) is 20.1 Å². The Morgan fingerprint density at radius 1 is 1.07 bits per heavy atom. The van der Waals surface area contributed by atoms with Crippen LogP contribution in [0.4, 0.5) is 0 Å². The highest BCUT2D eigenvalue weighted by molar-refractivity contribution is 4.91. The summed E-state index contributed by atoms with van der Waals surface area (Å²) in [6.07, 6.45) is 6.29. The van der Waals surface area contributed by atoms with E-state index in [9.17, 15) is 5.11 Å². The number of piperidine rings is 3. The summed E-state index contributed by atoms with van der Waals surface area (Å²) < 4.78 is 1.33. The van der Waals surface area contributed by atoms with Crippen LogP contribution in [0.2, 0.25) is 0 Å². The first kappa shape index (κ1) is 9.17. The van der Waals surface area contributed by atoms with Crippen LogP contribution in [0.1, 0.15) is 32.1 Å². The first-order chi connectivity index (χ1) is 6.69. The van der Waals surface area contributed by atoms with E-state index in [1.807, 2.05) is 0 Å². The molecular weight excluding hydrogens is 174 g/mol. The topological polar surface area (TPSA) is 20.2 Å². The number of nitrogens with zero attached hydrogens (tertiary/aromatic N) is 1. The van der Waals surface area contributed by atoms with Gasteiger partial charge in [0.1, 0.15) is 0 Å². The molecule has 0 aromatic heterocycles. The van der Waals surface area contributed by atoms with Gasteiger partial charge in [0.05, 0.1) is 32.3 Å². The highest BCUT2D eigenvalue weighted by atomic mass is 16.3. The predicted octanol–water partition coefficient (Wildman–Crippen LogP) is 1.39. The van der Waals surface area contributed by atoms with Gasteiger partial charge < -0.3 is 9.59 Å². The SMILES string of the molecule is C[N+]12CCC(CC1)[C@@H]1C[C@@H](O)CC[C@H]12. The molecule has 1 N–H and O–H groups in total. The Labute approximate surface area is 86.5 Å². The molecule has 2 heteroatoms. The van der Waals surface area contributed by atoms with E-state index >= 15 is 0 Å². The summed E-state index contributed by atoms with van der Waals surface area (Å²) in [7, 11) is 2.45.